The summed E-state index contributed by atoms with van der Waals surface area (Å²) in [4.78, 5) is 22.9. The van der Waals surface area contributed by atoms with E-state index < -0.39 is 11.9 Å². The van der Waals surface area contributed by atoms with Gasteiger partial charge in [-0.15, -0.1) is 0 Å². The summed E-state index contributed by atoms with van der Waals surface area (Å²) < 4.78 is 5.77. The van der Waals surface area contributed by atoms with Crippen LogP contribution in [0.4, 0.5) is 0 Å². The van der Waals surface area contributed by atoms with Crippen molar-refractivity contribution in [2.75, 3.05) is 6.54 Å². The molecule has 2 N–H and O–H groups in total. The third-order valence-corrected chi connectivity index (χ3v) is 4.69. The molecule has 3 rings (SSSR count). The summed E-state index contributed by atoms with van der Waals surface area (Å²) in [7, 11) is 0. The minimum atomic E-state index is -0.899. The van der Waals surface area contributed by atoms with Crippen LogP contribution in [0.25, 0.3) is 0 Å². The summed E-state index contributed by atoms with van der Waals surface area (Å²) in [5.41, 5.74) is 2.23. The van der Waals surface area contributed by atoms with E-state index >= 15 is 0 Å². The van der Waals surface area contributed by atoms with Crippen LogP contribution in [0.2, 0.25) is 0 Å². The fraction of sp³-hybridized carbons (Fsp3) is 0.333. The fourth-order valence-corrected chi connectivity index (χ4v) is 2.88. The molecule has 1 aliphatic rings. The highest BCUT2D eigenvalue weighted by atomic mass is 16.5. The van der Waals surface area contributed by atoms with Crippen molar-refractivity contribution in [3.63, 3.8) is 0 Å². The van der Waals surface area contributed by atoms with Gasteiger partial charge >= 0.3 is 5.97 Å². The summed E-state index contributed by atoms with van der Waals surface area (Å²) in [6, 6.07) is 17.8. The number of carbonyl (C=O) groups is 2. The summed E-state index contributed by atoms with van der Waals surface area (Å²) in [6.07, 6.45) is 0.803. The number of carboxylic acids is 1. The van der Waals surface area contributed by atoms with Crippen LogP contribution in [-0.2, 0) is 16.2 Å². The lowest BCUT2D eigenvalue weighted by molar-refractivity contribution is -0.141. The Morgan fingerprint density at radius 3 is 2.50 bits per heavy atom. The number of benzene rings is 2. The van der Waals surface area contributed by atoms with Crippen LogP contribution in [0.3, 0.4) is 0 Å². The first-order valence-corrected chi connectivity index (χ1v) is 8.82. The van der Waals surface area contributed by atoms with Crippen LogP contribution in [0, 0.1) is 11.8 Å². The Bertz CT molecular complexity index is 757. The van der Waals surface area contributed by atoms with E-state index in [0.717, 1.165) is 23.3 Å². The highest BCUT2D eigenvalue weighted by Crippen LogP contribution is 2.47. The van der Waals surface area contributed by atoms with E-state index in [0.29, 0.717) is 6.61 Å². The molecular weight excluding hydrogens is 330 g/mol. The average Bonchev–Trinajstić information content (AvgIpc) is 3.46. The maximum Gasteiger partial charge on any atom is 0.308 e. The van der Waals surface area contributed by atoms with Crippen molar-refractivity contribution in [3.05, 3.63) is 65.7 Å². The molecule has 1 aliphatic carbocycles. The monoisotopic (exact) mass is 353 g/mol. The van der Waals surface area contributed by atoms with E-state index in [1.165, 1.54) is 0 Å². The van der Waals surface area contributed by atoms with Gasteiger partial charge in [-0.25, -0.2) is 0 Å². The molecule has 26 heavy (non-hydrogen) atoms. The number of amides is 1. The van der Waals surface area contributed by atoms with Crippen LogP contribution < -0.4 is 10.1 Å². The first-order chi connectivity index (χ1) is 12.5. The molecule has 5 nitrogen and oxygen atoms in total. The molecule has 0 aliphatic heterocycles. The van der Waals surface area contributed by atoms with Crippen molar-refractivity contribution in [1.82, 2.24) is 5.32 Å². The molecule has 0 bridgehead atoms. The molecule has 5 heteroatoms. The zero-order valence-electron chi connectivity index (χ0n) is 14.7. The molecule has 1 saturated carbocycles. The van der Waals surface area contributed by atoms with Gasteiger partial charge in [-0.2, -0.15) is 0 Å². The summed E-state index contributed by atoms with van der Waals surface area (Å²) in [6.45, 7) is 2.28. The Morgan fingerprint density at radius 1 is 1.15 bits per heavy atom. The molecule has 1 amide bonds. The maximum absolute atomic E-state index is 12.1. The highest BCUT2D eigenvalue weighted by molar-refractivity contribution is 5.83. The van der Waals surface area contributed by atoms with E-state index in [1.807, 2.05) is 54.6 Å². The fourth-order valence-electron chi connectivity index (χ4n) is 2.88. The summed E-state index contributed by atoms with van der Waals surface area (Å²) in [5, 5.41) is 11.6. The minimum absolute atomic E-state index is 0.0625. The third kappa shape index (κ3) is 4.63. The van der Waals surface area contributed by atoms with Gasteiger partial charge in [0.05, 0.1) is 5.92 Å². The molecule has 0 spiro atoms. The maximum atomic E-state index is 12.1. The lowest BCUT2D eigenvalue weighted by Crippen LogP contribution is -2.32. The number of hydrogen-bond donors (Lipinski definition) is 2. The number of carboxylic acid groups (broad SMARTS) is 1. The van der Waals surface area contributed by atoms with Gasteiger partial charge in [-0.05, 0) is 35.6 Å². The van der Waals surface area contributed by atoms with E-state index in [1.54, 1.807) is 6.92 Å². The molecule has 0 saturated heterocycles. The number of nitrogens with one attached hydrogen (secondary N) is 1. The number of rotatable bonds is 8. The number of ether oxygens (including phenoxy) is 1. The minimum Gasteiger partial charge on any atom is -0.489 e. The molecule has 0 aromatic heterocycles. The predicted octanol–water partition coefficient (Wildman–Crippen LogP) is 3.21. The van der Waals surface area contributed by atoms with Crippen LogP contribution in [0.5, 0.6) is 5.75 Å². The normalized spacial score (nSPS) is 19.4. The largest absolute Gasteiger partial charge is 0.489 e. The second kappa shape index (κ2) is 8.04. The Morgan fingerprint density at radius 2 is 1.85 bits per heavy atom. The molecule has 0 radical (unpaired) electrons. The van der Waals surface area contributed by atoms with E-state index in [4.69, 9.17) is 9.84 Å². The van der Waals surface area contributed by atoms with Crippen LogP contribution in [0.15, 0.2) is 54.6 Å². The van der Waals surface area contributed by atoms with E-state index in [-0.39, 0.29) is 24.3 Å². The smallest absolute Gasteiger partial charge is 0.308 e. The van der Waals surface area contributed by atoms with Crippen molar-refractivity contribution in [1.29, 1.82) is 0 Å². The summed E-state index contributed by atoms with van der Waals surface area (Å²) >= 11 is 0. The van der Waals surface area contributed by atoms with Crippen LogP contribution in [-0.4, -0.2) is 23.5 Å². The predicted molar refractivity (Wildman–Crippen MR) is 97.9 cm³/mol. The Hall–Kier alpha value is -2.82. The van der Waals surface area contributed by atoms with Gasteiger partial charge < -0.3 is 15.2 Å². The standard InChI is InChI=1S/C21H23NO4/c1-14(21(24)25)12-22-20(23)19-11-18(19)16-7-9-17(10-8-16)26-13-15-5-3-2-4-6-15/h2-10,14,18-19H,11-13H2,1H3,(H,22,23)(H,24,25). The molecule has 1 fully saturated rings. The van der Waals surface area contributed by atoms with E-state index in [2.05, 4.69) is 5.32 Å². The number of carbonyl (C=O) groups excluding carboxylic acids is 1. The molecule has 3 unspecified atom stereocenters. The van der Waals surface area contributed by atoms with Crippen molar-refractivity contribution in [2.45, 2.75) is 25.9 Å². The zero-order chi connectivity index (χ0) is 18.5. The molecule has 2 aromatic carbocycles. The second-order valence-electron chi connectivity index (χ2n) is 6.78. The van der Waals surface area contributed by atoms with Crippen molar-refractivity contribution >= 4 is 11.9 Å². The quantitative estimate of drug-likeness (QED) is 0.764. The van der Waals surface area contributed by atoms with Gasteiger partial charge in [0.2, 0.25) is 5.91 Å². The van der Waals surface area contributed by atoms with Crippen molar-refractivity contribution in [2.24, 2.45) is 11.8 Å². The zero-order valence-corrected chi connectivity index (χ0v) is 14.7. The first kappa shape index (κ1) is 18.0. The van der Waals surface area contributed by atoms with Crippen LogP contribution >= 0.6 is 0 Å². The number of hydrogen-bond acceptors (Lipinski definition) is 3. The highest BCUT2D eigenvalue weighted by Gasteiger charge is 2.43. The Labute approximate surface area is 153 Å². The molecular formula is C21H23NO4. The second-order valence-corrected chi connectivity index (χ2v) is 6.78. The van der Waals surface area contributed by atoms with Gasteiger partial charge in [0, 0.05) is 12.5 Å². The van der Waals surface area contributed by atoms with Gasteiger partial charge in [-0.3, -0.25) is 9.59 Å². The topological polar surface area (TPSA) is 75.6 Å². The number of aliphatic carboxylic acids is 1. The molecule has 0 heterocycles. The Kier molecular flexibility index (Phi) is 5.56. The lowest BCUT2D eigenvalue weighted by atomic mass is 10.1. The van der Waals surface area contributed by atoms with Crippen molar-refractivity contribution in [3.8, 4) is 5.75 Å². The average molecular weight is 353 g/mol. The van der Waals surface area contributed by atoms with Crippen LogP contribution in [0.1, 0.15) is 30.4 Å². The third-order valence-electron chi connectivity index (χ3n) is 4.69. The van der Waals surface area contributed by atoms with Gasteiger partial charge in [0.15, 0.2) is 0 Å². The molecule has 3 atom stereocenters. The van der Waals surface area contributed by atoms with Gasteiger partial charge in [0.1, 0.15) is 12.4 Å². The van der Waals surface area contributed by atoms with Gasteiger partial charge in [0.25, 0.3) is 0 Å². The first-order valence-electron chi connectivity index (χ1n) is 8.82. The molecule has 2 aromatic rings. The molecule has 136 valence electrons. The van der Waals surface area contributed by atoms with Crippen molar-refractivity contribution < 1.29 is 19.4 Å². The SMILES string of the molecule is CC(CNC(=O)C1CC1c1ccc(OCc2ccccc2)cc1)C(=O)O. The lowest BCUT2D eigenvalue weighted by Gasteiger charge is -2.09. The summed E-state index contributed by atoms with van der Waals surface area (Å²) in [5.74, 6) is -0.589. The Balaban J connectivity index is 1.47. The van der Waals surface area contributed by atoms with E-state index in [9.17, 15) is 9.59 Å². The van der Waals surface area contributed by atoms with Gasteiger partial charge in [-0.1, -0.05) is 49.4 Å².